The molecule has 1 saturated heterocycles. The van der Waals surface area contributed by atoms with Crippen molar-refractivity contribution in [2.24, 2.45) is 11.8 Å². The lowest BCUT2D eigenvalue weighted by Crippen LogP contribution is -2.51. The number of carbonyl (C=O) groups excluding carboxylic acids is 1. The maximum Gasteiger partial charge on any atom is 0.323 e. The monoisotopic (exact) mass is 298 g/mol. The van der Waals surface area contributed by atoms with Gasteiger partial charge in [-0.1, -0.05) is 27.2 Å². The lowest BCUT2D eigenvalue weighted by atomic mass is 9.88. The van der Waals surface area contributed by atoms with Crippen molar-refractivity contribution < 1.29 is 9.53 Å². The summed E-state index contributed by atoms with van der Waals surface area (Å²) in [5, 5.41) is 3.54. The fourth-order valence-corrected chi connectivity index (χ4v) is 3.24. The Labute approximate surface area is 130 Å². The van der Waals surface area contributed by atoms with Gasteiger partial charge in [-0.25, -0.2) is 0 Å². The van der Waals surface area contributed by atoms with Gasteiger partial charge < -0.3 is 15.0 Å². The van der Waals surface area contributed by atoms with E-state index in [9.17, 15) is 4.79 Å². The van der Waals surface area contributed by atoms with Crippen molar-refractivity contribution >= 4 is 5.97 Å². The molecule has 3 unspecified atom stereocenters. The first-order valence-electron chi connectivity index (χ1n) is 8.59. The van der Waals surface area contributed by atoms with Crippen molar-refractivity contribution in [3.63, 3.8) is 0 Å². The lowest BCUT2D eigenvalue weighted by Gasteiger charge is -2.36. The van der Waals surface area contributed by atoms with E-state index < -0.39 is 0 Å². The molecule has 0 bridgehead atoms. The average Bonchev–Trinajstić information content (AvgIpc) is 2.52. The summed E-state index contributed by atoms with van der Waals surface area (Å²) in [5.41, 5.74) is 0. The van der Waals surface area contributed by atoms with Crippen LogP contribution in [0.4, 0.5) is 0 Å². The summed E-state index contributed by atoms with van der Waals surface area (Å²) in [5.74, 6) is 0.842. The minimum atomic E-state index is -0.177. The summed E-state index contributed by atoms with van der Waals surface area (Å²) in [4.78, 5) is 14.5. The molecule has 0 aliphatic carbocycles. The fourth-order valence-electron chi connectivity index (χ4n) is 3.24. The maximum absolute atomic E-state index is 12.0. The van der Waals surface area contributed by atoms with E-state index >= 15 is 0 Å². The van der Waals surface area contributed by atoms with Crippen LogP contribution in [-0.2, 0) is 9.53 Å². The number of hydrogen-bond donors (Lipinski definition) is 1. The number of nitrogens with zero attached hydrogens (tertiary/aromatic N) is 1. The van der Waals surface area contributed by atoms with Crippen molar-refractivity contribution in [1.82, 2.24) is 10.2 Å². The van der Waals surface area contributed by atoms with E-state index in [1.54, 1.807) is 0 Å². The molecule has 1 aliphatic heterocycles. The molecule has 1 heterocycles. The van der Waals surface area contributed by atoms with Gasteiger partial charge in [0, 0.05) is 6.04 Å². The maximum atomic E-state index is 12.0. The third-order valence-electron chi connectivity index (χ3n) is 4.99. The van der Waals surface area contributed by atoms with Crippen LogP contribution in [-0.4, -0.2) is 49.7 Å². The van der Waals surface area contributed by atoms with Crippen LogP contribution >= 0.6 is 0 Å². The third kappa shape index (κ3) is 5.59. The SMILES string of the molecule is CCCN1CCC(C(C)NC(C(=O)OC)C(C)CC)CC1. The van der Waals surface area contributed by atoms with Crippen LogP contribution < -0.4 is 5.32 Å². The highest BCUT2D eigenvalue weighted by molar-refractivity contribution is 5.76. The van der Waals surface area contributed by atoms with Crippen LogP contribution in [0.5, 0.6) is 0 Å². The van der Waals surface area contributed by atoms with Crippen molar-refractivity contribution in [3.8, 4) is 0 Å². The van der Waals surface area contributed by atoms with E-state index in [4.69, 9.17) is 4.74 Å². The van der Waals surface area contributed by atoms with E-state index in [0.717, 1.165) is 6.42 Å². The predicted octanol–water partition coefficient (Wildman–Crippen LogP) is 2.67. The van der Waals surface area contributed by atoms with Crippen LogP contribution in [0.3, 0.4) is 0 Å². The molecule has 0 amide bonds. The summed E-state index contributed by atoms with van der Waals surface area (Å²) in [6, 6.07) is 0.190. The number of rotatable bonds is 8. The molecule has 0 aromatic rings. The standard InChI is InChI=1S/C17H34N2O2/c1-6-10-19-11-8-15(9-12-19)14(4)18-16(13(3)7-2)17(20)21-5/h13-16,18H,6-12H2,1-5H3. The molecule has 1 N–H and O–H groups in total. The van der Waals surface area contributed by atoms with E-state index in [1.807, 2.05) is 0 Å². The van der Waals surface area contributed by atoms with Gasteiger partial charge in [-0.15, -0.1) is 0 Å². The molecule has 3 atom stereocenters. The normalized spacial score (nSPS) is 21.8. The van der Waals surface area contributed by atoms with Gasteiger partial charge in [0.05, 0.1) is 7.11 Å². The van der Waals surface area contributed by atoms with Gasteiger partial charge in [-0.05, 0) is 57.7 Å². The fraction of sp³-hybridized carbons (Fsp3) is 0.941. The Morgan fingerprint density at radius 3 is 2.38 bits per heavy atom. The second-order valence-corrected chi connectivity index (χ2v) is 6.52. The van der Waals surface area contributed by atoms with Gasteiger partial charge in [-0.2, -0.15) is 0 Å². The number of ether oxygens (including phenoxy) is 1. The molecule has 0 aromatic heterocycles. The van der Waals surface area contributed by atoms with Crippen LogP contribution in [0.2, 0.25) is 0 Å². The summed E-state index contributed by atoms with van der Waals surface area (Å²) in [6.45, 7) is 12.3. The summed E-state index contributed by atoms with van der Waals surface area (Å²) >= 11 is 0. The van der Waals surface area contributed by atoms with E-state index in [2.05, 4.69) is 37.9 Å². The molecule has 0 saturated carbocycles. The molecule has 21 heavy (non-hydrogen) atoms. The molecular weight excluding hydrogens is 264 g/mol. The Bertz CT molecular complexity index is 301. The minimum Gasteiger partial charge on any atom is -0.468 e. The lowest BCUT2D eigenvalue weighted by molar-refractivity contribution is -0.145. The first kappa shape index (κ1) is 18.4. The highest BCUT2D eigenvalue weighted by Crippen LogP contribution is 2.22. The Balaban J connectivity index is 2.50. The molecule has 1 aliphatic rings. The van der Waals surface area contributed by atoms with Crippen molar-refractivity contribution in [1.29, 1.82) is 0 Å². The average molecular weight is 298 g/mol. The first-order chi connectivity index (χ1) is 10.0. The Morgan fingerprint density at radius 2 is 1.90 bits per heavy atom. The Morgan fingerprint density at radius 1 is 1.29 bits per heavy atom. The molecule has 1 fully saturated rings. The number of hydrogen-bond acceptors (Lipinski definition) is 4. The number of piperidine rings is 1. The van der Waals surface area contributed by atoms with E-state index in [-0.39, 0.29) is 12.0 Å². The van der Waals surface area contributed by atoms with Gasteiger partial charge in [0.15, 0.2) is 0 Å². The number of carbonyl (C=O) groups is 1. The molecule has 0 spiro atoms. The number of esters is 1. The van der Waals surface area contributed by atoms with Crippen LogP contribution in [0, 0.1) is 11.8 Å². The van der Waals surface area contributed by atoms with Crippen molar-refractivity contribution in [2.75, 3.05) is 26.7 Å². The van der Waals surface area contributed by atoms with Crippen LogP contribution in [0.25, 0.3) is 0 Å². The van der Waals surface area contributed by atoms with E-state index in [1.165, 1.54) is 46.0 Å². The summed E-state index contributed by atoms with van der Waals surface area (Å²) in [6.07, 6.45) is 4.66. The zero-order valence-electron chi connectivity index (χ0n) is 14.5. The highest BCUT2D eigenvalue weighted by atomic mass is 16.5. The molecule has 124 valence electrons. The van der Waals surface area contributed by atoms with Crippen molar-refractivity contribution in [2.45, 2.75) is 65.5 Å². The largest absolute Gasteiger partial charge is 0.468 e. The topological polar surface area (TPSA) is 41.6 Å². The zero-order chi connectivity index (χ0) is 15.8. The van der Waals surface area contributed by atoms with Crippen LogP contribution in [0.15, 0.2) is 0 Å². The molecule has 4 heteroatoms. The number of methoxy groups -OCH3 is 1. The van der Waals surface area contributed by atoms with Gasteiger partial charge in [0.1, 0.15) is 6.04 Å². The quantitative estimate of drug-likeness (QED) is 0.700. The first-order valence-corrected chi connectivity index (χ1v) is 8.59. The molecule has 0 radical (unpaired) electrons. The van der Waals surface area contributed by atoms with Crippen molar-refractivity contribution in [3.05, 3.63) is 0 Å². The molecule has 0 aromatic carbocycles. The number of nitrogens with one attached hydrogen (secondary N) is 1. The predicted molar refractivity (Wildman–Crippen MR) is 87.3 cm³/mol. The Kier molecular flexibility index (Phi) is 8.27. The third-order valence-corrected chi connectivity index (χ3v) is 4.99. The molecular formula is C17H34N2O2. The second-order valence-electron chi connectivity index (χ2n) is 6.52. The minimum absolute atomic E-state index is 0.125. The van der Waals surface area contributed by atoms with Gasteiger partial charge in [-0.3, -0.25) is 4.79 Å². The van der Waals surface area contributed by atoms with Crippen LogP contribution in [0.1, 0.15) is 53.4 Å². The highest BCUT2D eigenvalue weighted by Gasteiger charge is 2.30. The zero-order valence-corrected chi connectivity index (χ0v) is 14.5. The van der Waals surface area contributed by atoms with E-state index in [0.29, 0.717) is 17.9 Å². The summed E-state index contributed by atoms with van der Waals surface area (Å²) < 4.78 is 4.96. The second kappa shape index (κ2) is 9.42. The summed E-state index contributed by atoms with van der Waals surface area (Å²) in [7, 11) is 1.48. The van der Waals surface area contributed by atoms with Gasteiger partial charge in [0.2, 0.25) is 0 Å². The Hall–Kier alpha value is -0.610. The molecule has 4 nitrogen and oxygen atoms in total. The van der Waals surface area contributed by atoms with Gasteiger partial charge in [0.25, 0.3) is 0 Å². The number of likely N-dealkylation sites (tertiary alicyclic amines) is 1. The smallest absolute Gasteiger partial charge is 0.323 e. The molecule has 1 rings (SSSR count). The van der Waals surface area contributed by atoms with Gasteiger partial charge >= 0.3 is 5.97 Å².